The molecule has 1 aliphatic heterocycles. The Kier molecular flexibility index (Phi) is 3.49. The molecule has 0 saturated carbocycles. The number of methoxy groups -OCH3 is 1. The Bertz CT molecular complexity index is 391. The summed E-state index contributed by atoms with van der Waals surface area (Å²) in [6.07, 6.45) is -0.283. The van der Waals surface area contributed by atoms with Crippen molar-refractivity contribution in [2.24, 2.45) is 5.73 Å². The highest BCUT2D eigenvalue weighted by Gasteiger charge is 2.24. The van der Waals surface area contributed by atoms with Crippen molar-refractivity contribution in [1.29, 1.82) is 0 Å². The third-order valence-electron chi connectivity index (χ3n) is 2.81. The molecule has 1 aromatic carbocycles. The molecule has 0 aromatic heterocycles. The zero-order chi connectivity index (χ0) is 12.3. The predicted molar refractivity (Wildman–Crippen MR) is 62.8 cm³/mol. The molecular weight excluding hydrogens is 220 g/mol. The summed E-state index contributed by atoms with van der Waals surface area (Å²) < 4.78 is 9.92. The molecule has 1 aromatic rings. The van der Waals surface area contributed by atoms with Gasteiger partial charge in [0.15, 0.2) is 0 Å². The highest BCUT2D eigenvalue weighted by Crippen LogP contribution is 2.18. The lowest BCUT2D eigenvalue weighted by Crippen LogP contribution is -2.32. The second-order valence-electron chi connectivity index (χ2n) is 3.94. The van der Waals surface area contributed by atoms with Crippen molar-refractivity contribution in [1.82, 2.24) is 4.90 Å². The summed E-state index contributed by atoms with van der Waals surface area (Å²) in [5, 5.41) is 0. The van der Waals surface area contributed by atoms with Crippen molar-refractivity contribution in [3.63, 3.8) is 0 Å². The fraction of sp³-hybridized carbons (Fsp3) is 0.417. The average molecular weight is 236 g/mol. The van der Waals surface area contributed by atoms with Gasteiger partial charge in [-0.2, -0.15) is 0 Å². The van der Waals surface area contributed by atoms with Crippen LogP contribution in [0.3, 0.4) is 0 Å². The molecular formula is C12H16N2O3. The normalized spacial score (nSPS) is 16.8. The predicted octanol–water partition coefficient (Wildman–Crippen LogP) is 1.15. The van der Waals surface area contributed by atoms with Gasteiger partial charge in [-0.1, -0.05) is 12.1 Å². The van der Waals surface area contributed by atoms with E-state index >= 15 is 0 Å². The molecule has 1 saturated heterocycles. The maximum absolute atomic E-state index is 11.3. The second kappa shape index (κ2) is 5.05. The number of benzene rings is 1. The Balaban J connectivity index is 1.98. The minimum atomic E-state index is -0.283. The number of carbonyl (C=O) groups is 1. The van der Waals surface area contributed by atoms with Crippen LogP contribution in [0.2, 0.25) is 0 Å². The van der Waals surface area contributed by atoms with Gasteiger partial charge < -0.3 is 20.1 Å². The van der Waals surface area contributed by atoms with Gasteiger partial charge in [-0.15, -0.1) is 0 Å². The van der Waals surface area contributed by atoms with Crippen LogP contribution >= 0.6 is 0 Å². The van der Waals surface area contributed by atoms with Gasteiger partial charge in [-0.3, -0.25) is 0 Å². The van der Waals surface area contributed by atoms with Crippen LogP contribution in [0, 0.1) is 0 Å². The van der Waals surface area contributed by atoms with Gasteiger partial charge >= 0.3 is 6.09 Å². The van der Waals surface area contributed by atoms with E-state index in [4.69, 9.17) is 15.2 Å². The van der Waals surface area contributed by atoms with Crippen LogP contribution in [0.5, 0.6) is 5.75 Å². The fourth-order valence-electron chi connectivity index (χ4n) is 1.79. The molecule has 1 amide bonds. The lowest BCUT2D eigenvalue weighted by atomic mass is 10.1. The summed E-state index contributed by atoms with van der Waals surface area (Å²) in [5.74, 6) is 0.793. The third-order valence-corrected chi connectivity index (χ3v) is 2.81. The van der Waals surface area contributed by atoms with E-state index < -0.39 is 0 Å². The highest BCUT2D eigenvalue weighted by molar-refractivity contribution is 5.69. The van der Waals surface area contributed by atoms with Gasteiger partial charge in [-0.25, -0.2) is 4.79 Å². The number of cyclic esters (lactones) is 1. The summed E-state index contributed by atoms with van der Waals surface area (Å²) in [5.41, 5.74) is 7.02. The van der Waals surface area contributed by atoms with E-state index in [1.807, 2.05) is 24.3 Å². The lowest BCUT2D eigenvalue weighted by Gasteiger charge is -2.18. The Hall–Kier alpha value is -1.75. The van der Waals surface area contributed by atoms with Crippen molar-refractivity contribution in [3.05, 3.63) is 29.8 Å². The minimum absolute atomic E-state index is 0.202. The molecule has 5 heteroatoms. The van der Waals surface area contributed by atoms with Crippen molar-refractivity contribution >= 4 is 6.09 Å². The van der Waals surface area contributed by atoms with E-state index in [-0.39, 0.29) is 12.1 Å². The highest BCUT2D eigenvalue weighted by atomic mass is 16.6. The summed E-state index contributed by atoms with van der Waals surface area (Å²) in [7, 11) is 1.62. The average Bonchev–Trinajstić information content (AvgIpc) is 2.75. The number of rotatable bonds is 4. The van der Waals surface area contributed by atoms with Crippen LogP contribution in [-0.4, -0.2) is 37.8 Å². The molecule has 0 aliphatic carbocycles. The van der Waals surface area contributed by atoms with E-state index in [9.17, 15) is 4.79 Å². The van der Waals surface area contributed by atoms with E-state index in [1.165, 1.54) is 0 Å². The molecule has 1 atom stereocenters. The van der Waals surface area contributed by atoms with Crippen LogP contribution < -0.4 is 10.5 Å². The first-order valence-electron chi connectivity index (χ1n) is 5.52. The zero-order valence-corrected chi connectivity index (χ0v) is 9.76. The van der Waals surface area contributed by atoms with Crippen molar-refractivity contribution in [2.75, 3.05) is 26.8 Å². The molecule has 0 radical (unpaired) electrons. The Morgan fingerprint density at radius 3 is 2.71 bits per heavy atom. The molecule has 0 spiro atoms. The van der Waals surface area contributed by atoms with Crippen molar-refractivity contribution in [2.45, 2.75) is 6.04 Å². The van der Waals surface area contributed by atoms with Crippen LogP contribution in [0.4, 0.5) is 4.79 Å². The monoisotopic (exact) mass is 236 g/mol. The third kappa shape index (κ3) is 2.68. The molecule has 0 bridgehead atoms. The molecule has 92 valence electrons. The number of amides is 1. The molecule has 2 rings (SSSR count). The molecule has 1 fully saturated rings. The van der Waals surface area contributed by atoms with Gasteiger partial charge in [0.25, 0.3) is 0 Å². The second-order valence-corrected chi connectivity index (χ2v) is 3.94. The molecule has 1 aliphatic rings. The molecule has 1 heterocycles. The number of nitrogens with two attached hydrogens (primary N) is 1. The number of hydrogen-bond donors (Lipinski definition) is 1. The number of ether oxygens (including phenoxy) is 2. The maximum Gasteiger partial charge on any atom is 0.410 e. The first-order valence-corrected chi connectivity index (χ1v) is 5.52. The van der Waals surface area contributed by atoms with E-state index in [1.54, 1.807) is 12.0 Å². The van der Waals surface area contributed by atoms with Gasteiger partial charge in [0.1, 0.15) is 12.4 Å². The Labute approximate surface area is 100 Å². The lowest BCUT2D eigenvalue weighted by molar-refractivity contribution is 0.157. The molecule has 17 heavy (non-hydrogen) atoms. The molecule has 1 unspecified atom stereocenters. The smallest absolute Gasteiger partial charge is 0.410 e. The van der Waals surface area contributed by atoms with Gasteiger partial charge in [-0.05, 0) is 17.7 Å². The van der Waals surface area contributed by atoms with Gasteiger partial charge in [0.2, 0.25) is 0 Å². The summed E-state index contributed by atoms with van der Waals surface area (Å²) in [6, 6.07) is 7.33. The zero-order valence-electron chi connectivity index (χ0n) is 9.76. The summed E-state index contributed by atoms with van der Waals surface area (Å²) in [4.78, 5) is 12.9. The quantitative estimate of drug-likeness (QED) is 0.851. The minimum Gasteiger partial charge on any atom is -0.497 e. The van der Waals surface area contributed by atoms with Gasteiger partial charge in [0, 0.05) is 12.6 Å². The fourth-order valence-corrected chi connectivity index (χ4v) is 1.79. The van der Waals surface area contributed by atoms with Crippen LogP contribution in [-0.2, 0) is 4.74 Å². The topological polar surface area (TPSA) is 64.8 Å². The van der Waals surface area contributed by atoms with Crippen LogP contribution in [0.25, 0.3) is 0 Å². The van der Waals surface area contributed by atoms with Crippen molar-refractivity contribution < 1.29 is 14.3 Å². The van der Waals surface area contributed by atoms with E-state index in [2.05, 4.69) is 0 Å². The molecule has 5 nitrogen and oxygen atoms in total. The number of nitrogens with zero attached hydrogens (tertiary/aromatic N) is 1. The Morgan fingerprint density at radius 1 is 1.47 bits per heavy atom. The first kappa shape index (κ1) is 11.7. The van der Waals surface area contributed by atoms with Crippen LogP contribution in [0.15, 0.2) is 24.3 Å². The largest absolute Gasteiger partial charge is 0.497 e. The first-order chi connectivity index (χ1) is 8.20. The van der Waals surface area contributed by atoms with E-state index in [0.717, 1.165) is 11.3 Å². The Morgan fingerprint density at radius 2 is 2.18 bits per heavy atom. The van der Waals surface area contributed by atoms with Gasteiger partial charge in [0.05, 0.1) is 13.7 Å². The number of hydrogen-bond acceptors (Lipinski definition) is 4. The van der Waals surface area contributed by atoms with Crippen LogP contribution in [0.1, 0.15) is 11.6 Å². The SMILES string of the molecule is COc1ccc(C(N)CN2CCOC2=O)cc1. The standard InChI is InChI=1S/C12H16N2O3/c1-16-10-4-2-9(3-5-10)11(13)8-14-6-7-17-12(14)15/h2-5,11H,6-8,13H2,1H3. The van der Waals surface area contributed by atoms with E-state index in [0.29, 0.717) is 19.7 Å². The molecule has 2 N–H and O–H groups in total. The number of carbonyl (C=O) groups excluding carboxylic acids is 1. The summed E-state index contributed by atoms with van der Waals surface area (Å²) in [6.45, 7) is 1.54. The summed E-state index contributed by atoms with van der Waals surface area (Å²) >= 11 is 0. The maximum atomic E-state index is 11.3. The van der Waals surface area contributed by atoms with Crippen molar-refractivity contribution in [3.8, 4) is 5.75 Å².